The van der Waals surface area contributed by atoms with Crippen LogP contribution in [0.5, 0.6) is 0 Å². The summed E-state index contributed by atoms with van der Waals surface area (Å²) in [6, 6.07) is 6.67. The second-order valence-electron chi connectivity index (χ2n) is 6.53. The third-order valence-corrected chi connectivity index (χ3v) is 5.88. The molecule has 0 spiro atoms. The maximum Gasteiger partial charge on any atom is 0.257 e. The molecule has 0 amide bonds. The van der Waals surface area contributed by atoms with Crippen molar-refractivity contribution < 1.29 is 8.42 Å². The van der Waals surface area contributed by atoms with Crippen LogP contribution in [0.15, 0.2) is 29.2 Å². The van der Waals surface area contributed by atoms with Crippen LogP contribution in [-0.2, 0) is 22.9 Å². The van der Waals surface area contributed by atoms with Crippen molar-refractivity contribution >= 4 is 27.6 Å². The fourth-order valence-electron chi connectivity index (χ4n) is 3.17. The molecule has 10 heteroatoms. The number of anilines is 2. The van der Waals surface area contributed by atoms with Gasteiger partial charge in [0.2, 0.25) is 5.95 Å². The molecule has 3 aromatic rings. The van der Waals surface area contributed by atoms with Crippen molar-refractivity contribution in [1.82, 2.24) is 24.4 Å². The standard InChI is InChI=1S/C17H21N7O2S/c1-11-7-9-12(10-8-11)27(25,26)23-21-15-13-5-3-4-6-14(13)19-17-20-16(18-2)22-24(15)17/h7-10,21,23H,3-6H2,1-2H3,(H,18,22). The normalized spacial score (nSPS) is 14.1. The van der Waals surface area contributed by atoms with Gasteiger partial charge in [-0.15, -0.1) is 9.93 Å². The summed E-state index contributed by atoms with van der Waals surface area (Å²) in [6.45, 7) is 1.91. The number of hydrogen-bond donors (Lipinski definition) is 3. The van der Waals surface area contributed by atoms with Crippen molar-refractivity contribution in [1.29, 1.82) is 0 Å². The molecule has 0 saturated heterocycles. The van der Waals surface area contributed by atoms with E-state index in [-0.39, 0.29) is 4.90 Å². The Labute approximate surface area is 157 Å². The zero-order valence-electron chi connectivity index (χ0n) is 15.2. The maximum atomic E-state index is 12.6. The molecule has 0 fully saturated rings. The summed E-state index contributed by atoms with van der Waals surface area (Å²) in [4.78, 5) is 11.6. The maximum absolute atomic E-state index is 12.6. The molecule has 0 radical (unpaired) electrons. The van der Waals surface area contributed by atoms with Gasteiger partial charge in [0, 0.05) is 12.6 Å². The van der Waals surface area contributed by atoms with Crippen molar-refractivity contribution in [3.63, 3.8) is 0 Å². The molecule has 3 N–H and O–H groups in total. The minimum atomic E-state index is -3.73. The average molecular weight is 387 g/mol. The van der Waals surface area contributed by atoms with Crippen LogP contribution >= 0.6 is 0 Å². The molecule has 2 aromatic heterocycles. The zero-order chi connectivity index (χ0) is 19.0. The van der Waals surface area contributed by atoms with Gasteiger partial charge in [-0.05, 0) is 44.7 Å². The quantitative estimate of drug-likeness (QED) is 0.571. The Morgan fingerprint density at radius 1 is 1.07 bits per heavy atom. The molecular weight excluding hydrogens is 366 g/mol. The Morgan fingerprint density at radius 3 is 2.56 bits per heavy atom. The summed E-state index contributed by atoms with van der Waals surface area (Å²) in [6.07, 6.45) is 3.72. The summed E-state index contributed by atoms with van der Waals surface area (Å²) >= 11 is 0. The highest BCUT2D eigenvalue weighted by molar-refractivity contribution is 7.89. The number of hydrogen-bond acceptors (Lipinski definition) is 7. The van der Waals surface area contributed by atoms with Crippen molar-refractivity contribution in [3.05, 3.63) is 41.1 Å². The fraction of sp³-hybridized carbons (Fsp3) is 0.353. The van der Waals surface area contributed by atoms with Gasteiger partial charge in [-0.25, -0.2) is 13.4 Å². The molecule has 0 unspecified atom stereocenters. The summed E-state index contributed by atoms with van der Waals surface area (Å²) in [5.41, 5.74) is 5.75. The molecule has 0 aliphatic heterocycles. The first-order valence-corrected chi connectivity index (χ1v) is 10.3. The van der Waals surface area contributed by atoms with E-state index in [9.17, 15) is 8.42 Å². The molecule has 27 heavy (non-hydrogen) atoms. The number of fused-ring (bicyclic) bond motifs is 2. The van der Waals surface area contributed by atoms with Gasteiger partial charge in [0.1, 0.15) is 0 Å². The smallest absolute Gasteiger partial charge is 0.257 e. The number of nitrogens with one attached hydrogen (secondary N) is 3. The Morgan fingerprint density at radius 2 is 1.81 bits per heavy atom. The van der Waals surface area contributed by atoms with Gasteiger partial charge in [-0.2, -0.15) is 9.50 Å². The first-order valence-electron chi connectivity index (χ1n) is 8.79. The van der Waals surface area contributed by atoms with Gasteiger partial charge in [0.05, 0.1) is 10.6 Å². The van der Waals surface area contributed by atoms with Crippen LogP contribution < -0.4 is 15.6 Å². The van der Waals surface area contributed by atoms with E-state index in [1.165, 1.54) is 4.52 Å². The zero-order valence-corrected chi connectivity index (χ0v) is 16.0. The number of sulfonamides is 1. The topological polar surface area (TPSA) is 113 Å². The first kappa shape index (κ1) is 17.7. The van der Waals surface area contributed by atoms with E-state index >= 15 is 0 Å². The number of aryl methyl sites for hydroxylation is 2. The summed E-state index contributed by atoms with van der Waals surface area (Å²) in [5.74, 6) is 1.41. The number of hydrazine groups is 1. The van der Waals surface area contributed by atoms with Crippen LogP contribution in [0.3, 0.4) is 0 Å². The minimum absolute atomic E-state index is 0.189. The largest absolute Gasteiger partial charge is 0.356 e. The van der Waals surface area contributed by atoms with E-state index in [0.717, 1.165) is 42.5 Å². The second kappa shape index (κ2) is 6.78. The molecule has 4 rings (SSSR count). The highest BCUT2D eigenvalue weighted by Gasteiger charge is 2.22. The molecule has 142 valence electrons. The summed E-state index contributed by atoms with van der Waals surface area (Å²) in [7, 11) is -2.00. The molecule has 9 nitrogen and oxygen atoms in total. The van der Waals surface area contributed by atoms with Gasteiger partial charge in [0.25, 0.3) is 15.8 Å². The van der Waals surface area contributed by atoms with Crippen molar-refractivity contribution in [3.8, 4) is 0 Å². The van der Waals surface area contributed by atoms with Crippen LogP contribution in [0.4, 0.5) is 11.8 Å². The lowest BCUT2D eigenvalue weighted by Crippen LogP contribution is -2.32. The van der Waals surface area contributed by atoms with Crippen molar-refractivity contribution in [2.45, 2.75) is 37.5 Å². The Bertz CT molecular complexity index is 1090. The minimum Gasteiger partial charge on any atom is -0.356 e. The molecule has 0 atom stereocenters. The molecule has 2 heterocycles. The van der Waals surface area contributed by atoms with E-state index in [1.54, 1.807) is 31.3 Å². The third kappa shape index (κ3) is 3.33. The molecule has 0 saturated carbocycles. The predicted octanol–water partition coefficient (Wildman–Crippen LogP) is 1.66. The van der Waals surface area contributed by atoms with Crippen LogP contribution in [0, 0.1) is 6.92 Å². The lowest BCUT2D eigenvalue weighted by atomic mass is 9.96. The monoisotopic (exact) mass is 387 g/mol. The van der Waals surface area contributed by atoms with Gasteiger partial charge in [-0.3, -0.25) is 5.43 Å². The van der Waals surface area contributed by atoms with E-state index < -0.39 is 10.0 Å². The van der Waals surface area contributed by atoms with Crippen LogP contribution in [-0.4, -0.2) is 35.0 Å². The van der Waals surface area contributed by atoms with Crippen LogP contribution in [0.2, 0.25) is 0 Å². The average Bonchev–Trinajstić information content (AvgIpc) is 3.08. The SMILES string of the molecule is CNc1nc2nc3c(c(NNS(=O)(=O)c4ccc(C)cc4)n2n1)CCCC3. The Balaban J connectivity index is 1.72. The molecule has 1 aliphatic rings. The first-order chi connectivity index (χ1) is 13.0. The molecule has 1 aromatic carbocycles. The van der Waals surface area contributed by atoms with Crippen LogP contribution in [0.25, 0.3) is 5.78 Å². The van der Waals surface area contributed by atoms with Crippen LogP contribution in [0.1, 0.15) is 29.7 Å². The lowest BCUT2D eigenvalue weighted by Gasteiger charge is -2.20. The second-order valence-corrected chi connectivity index (χ2v) is 8.22. The van der Waals surface area contributed by atoms with E-state index in [4.69, 9.17) is 0 Å². The highest BCUT2D eigenvalue weighted by atomic mass is 32.2. The number of aromatic nitrogens is 4. The van der Waals surface area contributed by atoms with Gasteiger partial charge in [-0.1, -0.05) is 17.7 Å². The fourth-order valence-corrected chi connectivity index (χ4v) is 4.01. The molecule has 1 aliphatic carbocycles. The van der Waals surface area contributed by atoms with E-state index in [2.05, 4.69) is 30.6 Å². The van der Waals surface area contributed by atoms with Crippen molar-refractivity contribution in [2.75, 3.05) is 17.8 Å². The van der Waals surface area contributed by atoms with Gasteiger partial charge < -0.3 is 5.32 Å². The summed E-state index contributed by atoms with van der Waals surface area (Å²) in [5, 5.41) is 7.25. The number of rotatable bonds is 5. The summed E-state index contributed by atoms with van der Waals surface area (Å²) < 4.78 is 26.8. The Hall–Kier alpha value is -2.72. The van der Waals surface area contributed by atoms with Gasteiger partial charge in [0.15, 0.2) is 5.82 Å². The third-order valence-electron chi connectivity index (χ3n) is 4.62. The van der Waals surface area contributed by atoms with Gasteiger partial charge >= 0.3 is 0 Å². The number of benzene rings is 1. The van der Waals surface area contributed by atoms with E-state index in [1.807, 2.05) is 6.92 Å². The highest BCUT2D eigenvalue weighted by Crippen LogP contribution is 2.27. The Kier molecular flexibility index (Phi) is 4.44. The van der Waals surface area contributed by atoms with Crippen molar-refractivity contribution in [2.24, 2.45) is 0 Å². The molecular formula is C17H21N7O2S. The van der Waals surface area contributed by atoms with E-state index in [0.29, 0.717) is 17.5 Å². The molecule has 0 bridgehead atoms. The lowest BCUT2D eigenvalue weighted by molar-refractivity contribution is 0.586. The number of nitrogens with zero attached hydrogens (tertiary/aromatic N) is 4. The predicted molar refractivity (Wildman–Crippen MR) is 102 cm³/mol.